The molecule has 0 aliphatic carbocycles. The van der Waals surface area contributed by atoms with Crippen LogP contribution in [-0.2, 0) is 20.7 Å². The second kappa shape index (κ2) is 8.14. The number of carboxylic acid groups (broad SMARTS) is 1. The van der Waals surface area contributed by atoms with Crippen molar-refractivity contribution < 1.29 is 49.3 Å². The molecule has 30 heavy (non-hydrogen) atoms. The third-order valence-corrected chi connectivity index (χ3v) is 5.63. The van der Waals surface area contributed by atoms with Gasteiger partial charge in [0.1, 0.15) is 35.9 Å². The van der Waals surface area contributed by atoms with E-state index in [9.17, 15) is 25.2 Å². The Morgan fingerprint density at radius 3 is 2.67 bits per heavy atom. The summed E-state index contributed by atoms with van der Waals surface area (Å²) in [6, 6.07) is 3.35. The Labute approximate surface area is 171 Å². The number of aliphatic hydroxyl groups is 4. The number of rotatable bonds is 6. The standard InChI is InChI=1S/C20H24O10/c1-8-7-27-19-13(8)14-10(28-19)4-2-9(3-5-12(22)23)18(14)30-20-17(26)16(25)15(24)11(6-21)29-20/h2,4,11,13,15-17,19-21,24-26H,1,3,5-7H2,(H,22,23)/t11-,13-,15-,16+,17-,19-,20+/m1/s1. The number of carboxylic acids is 1. The van der Waals surface area contributed by atoms with Crippen molar-refractivity contribution in [3.63, 3.8) is 0 Å². The molecule has 0 spiro atoms. The van der Waals surface area contributed by atoms with E-state index in [4.69, 9.17) is 24.1 Å². The van der Waals surface area contributed by atoms with Gasteiger partial charge < -0.3 is 44.5 Å². The first kappa shape index (κ1) is 21.0. The van der Waals surface area contributed by atoms with Gasteiger partial charge in [-0.15, -0.1) is 0 Å². The molecule has 5 N–H and O–H groups in total. The van der Waals surface area contributed by atoms with Gasteiger partial charge in [-0.25, -0.2) is 0 Å². The summed E-state index contributed by atoms with van der Waals surface area (Å²) in [5.41, 5.74) is 1.90. The smallest absolute Gasteiger partial charge is 0.303 e. The highest BCUT2D eigenvalue weighted by molar-refractivity contribution is 5.68. The van der Waals surface area contributed by atoms with Gasteiger partial charge in [0.25, 0.3) is 0 Å². The van der Waals surface area contributed by atoms with Crippen LogP contribution in [0.2, 0.25) is 0 Å². The van der Waals surface area contributed by atoms with Crippen LogP contribution < -0.4 is 9.47 Å². The molecule has 10 nitrogen and oxygen atoms in total. The summed E-state index contributed by atoms with van der Waals surface area (Å²) in [4.78, 5) is 11.1. The fraction of sp³-hybridized carbons (Fsp3) is 0.550. The van der Waals surface area contributed by atoms with E-state index in [1.807, 2.05) is 0 Å². The quantitative estimate of drug-likeness (QED) is 0.369. The molecule has 0 bridgehead atoms. The highest BCUT2D eigenvalue weighted by atomic mass is 16.7. The molecule has 2 saturated heterocycles. The molecule has 0 radical (unpaired) electrons. The van der Waals surface area contributed by atoms with Crippen molar-refractivity contribution in [3.8, 4) is 11.5 Å². The molecule has 0 aromatic heterocycles. The number of ether oxygens (including phenoxy) is 4. The maximum atomic E-state index is 11.1. The Bertz CT molecular complexity index is 837. The van der Waals surface area contributed by atoms with Crippen molar-refractivity contribution >= 4 is 5.97 Å². The molecule has 10 heteroatoms. The van der Waals surface area contributed by atoms with Crippen LogP contribution >= 0.6 is 0 Å². The first-order valence-corrected chi connectivity index (χ1v) is 9.62. The molecule has 1 aromatic carbocycles. The van der Waals surface area contributed by atoms with E-state index >= 15 is 0 Å². The fourth-order valence-corrected chi connectivity index (χ4v) is 4.02. The van der Waals surface area contributed by atoms with E-state index < -0.39 is 49.6 Å². The number of benzene rings is 1. The number of carbonyl (C=O) groups is 1. The molecule has 164 valence electrons. The molecule has 3 heterocycles. The lowest BCUT2D eigenvalue weighted by molar-refractivity contribution is -0.277. The Morgan fingerprint density at radius 1 is 1.20 bits per heavy atom. The van der Waals surface area contributed by atoms with Gasteiger partial charge in [0.05, 0.1) is 24.7 Å². The minimum absolute atomic E-state index is 0.139. The van der Waals surface area contributed by atoms with E-state index in [1.54, 1.807) is 12.1 Å². The predicted octanol–water partition coefficient (Wildman–Crippen LogP) is -0.729. The molecule has 3 aliphatic rings. The highest BCUT2D eigenvalue weighted by Crippen LogP contribution is 2.52. The first-order valence-electron chi connectivity index (χ1n) is 9.62. The lowest BCUT2D eigenvalue weighted by Crippen LogP contribution is -2.60. The van der Waals surface area contributed by atoms with Crippen LogP contribution in [0, 0.1) is 0 Å². The second-order valence-corrected chi connectivity index (χ2v) is 7.61. The zero-order valence-corrected chi connectivity index (χ0v) is 16.0. The summed E-state index contributed by atoms with van der Waals surface area (Å²) >= 11 is 0. The predicted molar refractivity (Wildman–Crippen MR) is 99.0 cm³/mol. The fourth-order valence-electron chi connectivity index (χ4n) is 4.02. The van der Waals surface area contributed by atoms with Crippen LogP contribution in [0.15, 0.2) is 24.3 Å². The first-order chi connectivity index (χ1) is 14.3. The number of aryl methyl sites for hydroxylation is 1. The average molecular weight is 424 g/mol. The van der Waals surface area contributed by atoms with Crippen molar-refractivity contribution in [2.75, 3.05) is 13.2 Å². The van der Waals surface area contributed by atoms with Crippen molar-refractivity contribution in [3.05, 3.63) is 35.4 Å². The van der Waals surface area contributed by atoms with E-state index in [0.29, 0.717) is 23.5 Å². The van der Waals surface area contributed by atoms with Gasteiger partial charge >= 0.3 is 5.97 Å². The average Bonchev–Trinajstić information content (AvgIpc) is 3.26. The molecule has 0 unspecified atom stereocenters. The lowest BCUT2D eigenvalue weighted by Gasteiger charge is -2.40. The van der Waals surface area contributed by atoms with Gasteiger partial charge in [-0.1, -0.05) is 12.6 Å². The number of hydrogen-bond acceptors (Lipinski definition) is 9. The van der Waals surface area contributed by atoms with E-state index in [1.165, 1.54) is 0 Å². The topological polar surface area (TPSA) is 155 Å². The normalized spacial score (nSPS) is 34.9. The molecular formula is C20H24O10. The van der Waals surface area contributed by atoms with E-state index in [2.05, 4.69) is 6.58 Å². The summed E-state index contributed by atoms with van der Waals surface area (Å²) in [5.74, 6) is -0.608. The molecule has 7 atom stereocenters. The maximum absolute atomic E-state index is 11.1. The van der Waals surface area contributed by atoms with Gasteiger partial charge in [-0.05, 0) is 23.6 Å². The minimum Gasteiger partial charge on any atom is -0.481 e. The van der Waals surface area contributed by atoms with Crippen molar-refractivity contribution in [2.45, 2.75) is 55.8 Å². The van der Waals surface area contributed by atoms with Crippen molar-refractivity contribution in [2.24, 2.45) is 0 Å². The number of aliphatic hydroxyl groups excluding tert-OH is 4. The van der Waals surface area contributed by atoms with Crippen LogP contribution in [0.4, 0.5) is 0 Å². The van der Waals surface area contributed by atoms with Gasteiger partial charge in [0, 0.05) is 6.42 Å². The molecule has 3 aliphatic heterocycles. The Kier molecular flexibility index (Phi) is 5.71. The zero-order chi connectivity index (χ0) is 21.6. The Morgan fingerprint density at radius 2 is 1.97 bits per heavy atom. The van der Waals surface area contributed by atoms with Gasteiger partial charge in [0.15, 0.2) is 0 Å². The third kappa shape index (κ3) is 3.55. The van der Waals surface area contributed by atoms with Gasteiger partial charge in [0.2, 0.25) is 12.6 Å². The number of fused-ring (bicyclic) bond motifs is 3. The molecule has 0 saturated carbocycles. The van der Waals surface area contributed by atoms with Crippen LogP contribution in [0.3, 0.4) is 0 Å². The molecule has 2 fully saturated rings. The highest BCUT2D eigenvalue weighted by Gasteiger charge is 2.48. The summed E-state index contributed by atoms with van der Waals surface area (Å²) < 4.78 is 22.8. The third-order valence-electron chi connectivity index (χ3n) is 5.63. The zero-order valence-electron chi connectivity index (χ0n) is 16.0. The lowest BCUT2D eigenvalue weighted by atomic mass is 9.91. The van der Waals surface area contributed by atoms with Crippen LogP contribution in [0.5, 0.6) is 11.5 Å². The van der Waals surface area contributed by atoms with E-state index in [-0.39, 0.29) is 24.5 Å². The monoisotopic (exact) mass is 424 g/mol. The Balaban J connectivity index is 1.71. The maximum Gasteiger partial charge on any atom is 0.303 e. The van der Waals surface area contributed by atoms with Crippen LogP contribution in [0.25, 0.3) is 0 Å². The summed E-state index contributed by atoms with van der Waals surface area (Å²) in [5, 5.41) is 48.9. The van der Waals surface area contributed by atoms with Crippen LogP contribution in [-0.4, -0.2) is 81.7 Å². The van der Waals surface area contributed by atoms with Gasteiger partial charge in [-0.2, -0.15) is 0 Å². The number of hydrogen-bond donors (Lipinski definition) is 5. The second-order valence-electron chi connectivity index (χ2n) is 7.61. The Hall–Kier alpha value is -2.21. The minimum atomic E-state index is -1.60. The summed E-state index contributed by atoms with van der Waals surface area (Å²) in [6.45, 7) is 3.71. The molecule has 1 aromatic rings. The van der Waals surface area contributed by atoms with Crippen molar-refractivity contribution in [1.82, 2.24) is 0 Å². The largest absolute Gasteiger partial charge is 0.481 e. The van der Waals surface area contributed by atoms with Crippen LogP contribution in [0.1, 0.15) is 23.5 Å². The summed E-state index contributed by atoms with van der Waals surface area (Å²) in [7, 11) is 0. The number of aliphatic carboxylic acids is 1. The SMILES string of the molecule is C=C1CO[C@@H]2Oc3ccc(CCC(=O)O)c(O[C@@H]4O[C@H](CO)[C@@H](O)[C@H](O)[C@H]4O)c3[C@@H]12. The summed E-state index contributed by atoms with van der Waals surface area (Å²) in [6.07, 6.45) is -7.88. The van der Waals surface area contributed by atoms with E-state index in [0.717, 1.165) is 5.57 Å². The van der Waals surface area contributed by atoms with Gasteiger partial charge in [-0.3, -0.25) is 4.79 Å². The van der Waals surface area contributed by atoms with Crippen molar-refractivity contribution in [1.29, 1.82) is 0 Å². The molecule has 0 amide bonds. The molecular weight excluding hydrogens is 400 g/mol. The molecule has 4 rings (SSSR count).